The van der Waals surface area contributed by atoms with Gasteiger partial charge >= 0.3 is 11.9 Å². The molecule has 5 heteroatoms. The number of benzene rings is 1. The summed E-state index contributed by atoms with van der Waals surface area (Å²) in [6.07, 6.45) is -0.908. The second-order valence-electron chi connectivity index (χ2n) is 3.03. The Balaban J connectivity index is 3.00. The van der Waals surface area contributed by atoms with E-state index >= 15 is 0 Å². The first kappa shape index (κ1) is 11.7. The zero-order valence-electron chi connectivity index (χ0n) is 8.51. The number of carbonyl (C=O) groups excluding carboxylic acids is 1. The van der Waals surface area contributed by atoms with Gasteiger partial charge in [-0.2, -0.15) is 5.26 Å². The molecule has 5 nitrogen and oxygen atoms in total. The summed E-state index contributed by atoms with van der Waals surface area (Å²) in [5.74, 6) is -2.02. The molecule has 0 fully saturated rings. The molecule has 16 heavy (non-hydrogen) atoms. The monoisotopic (exact) mass is 219 g/mol. The lowest BCUT2D eigenvalue weighted by molar-refractivity contribution is 0.0427. The fourth-order valence-corrected chi connectivity index (χ4v) is 1.10. The minimum atomic E-state index is -1.21. The van der Waals surface area contributed by atoms with Gasteiger partial charge in [0.05, 0.1) is 11.1 Å². The predicted molar refractivity (Wildman–Crippen MR) is 53.9 cm³/mol. The molecule has 0 radical (unpaired) electrons. The Labute approximate surface area is 91.9 Å². The Kier molecular flexibility index (Phi) is 3.62. The third kappa shape index (κ3) is 2.58. The molecule has 0 spiro atoms. The number of hydrogen-bond acceptors (Lipinski definition) is 4. The van der Waals surface area contributed by atoms with Gasteiger partial charge in [0, 0.05) is 0 Å². The van der Waals surface area contributed by atoms with Crippen molar-refractivity contribution < 1.29 is 19.4 Å². The Morgan fingerprint density at radius 2 is 1.94 bits per heavy atom. The molecular formula is C11H9NO4. The van der Waals surface area contributed by atoms with Gasteiger partial charge in [-0.05, 0) is 19.1 Å². The van der Waals surface area contributed by atoms with Crippen LogP contribution >= 0.6 is 0 Å². The van der Waals surface area contributed by atoms with Crippen molar-refractivity contribution in [1.29, 1.82) is 5.26 Å². The molecule has 0 aromatic heterocycles. The van der Waals surface area contributed by atoms with Crippen LogP contribution in [0.3, 0.4) is 0 Å². The molecule has 0 heterocycles. The number of rotatable bonds is 3. The number of ether oxygens (including phenoxy) is 1. The van der Waals surface area contributed by atoms with E-state index in [1.54, 1.807) is 6.07 Å². The molecular weight excluding hydrogens is 210 g/mol. The SMILES string of the molecule is CC(C#N)OC(=O)c1ccccc1C(=O)O. The molecule has 1 atom stereocenters. The highest BCUT2D eigenvalue weighted by molar-refractivity contribution is 6.02. The van der Waals surface area contributed by atoms with Crippen LogP contribution in [-0.4, -0.2) is 23.1 Å². The summed E-state index contributed by atoms with van der Waals surface area (Å²) in [5.41, 5.74) is -0.199. The maximum Gasteiger partial charge on any atom is 0.340 e. The van der Waals surface area contributed by atoms with Crippen molar-refractivity contribution in [2.45, 2.75) is 13.0 Å². The largest absolute Gasteiger partial charge is 0.478 e. The summed E-state index contributed by atoms with van der Waals surface area (Å²) < 4.78 is 4.71. The van der Waals surface area contributed by atoms with Gasteiger partial charge < -0.3 is 9.84 Å². The Morgan fingerprint density at radius 3 is 2.44 bits per heavy atom. The average Bonchev–Trinajstić information content (AvgIpc) is 2.28. The topological polar surface area (TPSA) is 87.4 Å². The summed E-state index contributed by atoms with van der Waals surface area (Å²) in [5, 5.41) is 17.3. The quantitative estimate of drug-likeness (QED) is 0.777. The predicted octanol–water partition coefficient (Wildman–Crippen LogP) is 1.45. The van der Waals surface area contributed by atoms with Crippen LogP contribution < -0.4 is 0 Å². The number of hydrogen-bond donors (Lipinski definition) is 1. The molecule has 0 aliphatic rings. The van der Waals surface area contributed by atoms with Crippen molar-refractivity contribution in [3.8, 4) is 6.07 Å². The normalized spacial score (nSPS) is 11.2. The Morgan fingerprint density at radius 1 is 1.38 bits per heavy atom. The van der Waals surface area contributed by atoms with E-state index in [9.17, 15) is 9.59 Å². The molecule has 1 N–H and O–H groups in total. The maximum atomic E-state index is 11.5. The van der Waals surface area contributed by atoms with Crippen molar-refractivity contribution in [3.63, 3.8) is 0 Å². The minimum absolute atomic E-state index is 0.0582. The van der Waals surface area contributed by atoms with Crippen LogP contribution in [0.4, 0.5) is 0 Å². The summed E-state index contributed by atoms with van der Waals surface area (Å²) in [6.45, 7) is 1.40. The van der Waals surface area contributed by atoms with Gasteiger partial charge in [0.2, 0.25) is 0 Å². The molecule has 0 saturated heterocycles. The van der Waals surface area contributed by atoms with Crippen LogP contribution in [0, 0.1) is 11.3 Å². The zero-order valence-corrected chi connectivity index (χ0v) is 8.51. The van der Waals surface area contributed by atoms with Crippen molar-refractivity contribution in [3.05, 3.63) is 35.4 Å². The van der Waals surface area contributed by atoms with Gasteiger partial charge in [0.1, 0.15) is 6.07 Å². The van der Waals surface area contributed by atoms with E-state index in [0.717, 1.165) is 0 Å². The molecule has 0 aliphatic carbocycles. The van der Waals surface area contributed by atoms with Crippen molar-refractivity contribution in [2.24, 2.45) is 0 Å². The minimum Gasteiger partial charge on any atom is -0.478 e. The number of nitrogens with zero attached hydrogens (tertiary/aromatic N) is 1. The van der Waals surface area contributed by atoms with Crippen LogP contribution in [0.1, 0.15) is 27.6 Å². The molecule has 0 amide bonds. The summed E-state index contributed by atoms with van der Waals surface area (Å²) in [6, 6.07) is 7.40. The molecule has 1 rings (SSSR count). The van der Waals surface area contributed by atoms with E-state index in [2.05, 4.69) is 0 Å². The molecule has 0 bridgehead atoms. The van der Waals surface area contributed by atoms with Crippen LogP contribution in [0.5, 0.6) is 0 Å². The van der Waals surface area contributed by atoms with Gasteiger partial charge in [-0.1, -0.05) is 12.1 Å². The number of nitriles is 1. The van der Waals surface area contributed by atoms with E-state index in [0.29, 0.717) is 0 Å². The Hall–Kier alpha value is -2.35. The molecule has 1 aromatic rings. The number of aromatic carboxylic acids is 1. The summed E-state index contributed by atoms with van der Waals surface area (Å²) in [4.78, 5) is 22.3. The fourth-order valence-electron chi connectivity index (χ4n) is 1.10. The van der Waals surface area contributed by atoms with E-state index in [-0.39, 0.29) is 11.1 Å². The van der Waals surface area contributed by atoms with E-state index < -0.39 is 18.0 Å². The van der Waals surface area contributed by atoms with Gasteiger partial charge in [-0.15, -0.1) is 0 Å². The average molecular weight is 219 g/mol. The lowest BCUT2D eigenvalue weighted by atomic mass is 10.1. The second-order valence-corrected chi connectivity index (χ2v) is 3.03. The van der Waals surface area contributed by atoms with Gasteiger partial charge in [0.25, 0.3) is 0 Å². The first-order valence-corrected chi connectivity index (χ1v) is 4.49. The van der Waals surface area contributed by atoms with Crippen molar-refractivity contribution in [2.75, 3.05) is 0 Å². The maximum absolute atomic E-state index is 11.5. The van der Waals surface area contributed by atoms with Gasteiger partial charge in [-0.3, -0.25) is 0 Å². The van der Waals surface area contributed by atoms with Crippen molar-refractivity contribution >= 4 is 11.9 Å². The number of carboxylic acids is 1. The van der Waals surface area contributed by atoms with Crippen LogP contribution in [-0.2, 0) is 4.74 Å². The highest BCUT2D eigenvalue weighted by atomic mass is 16.5. The smallest absolute Gasteiger partial charge is 0.340 e. The molecule has 0 aliphatic heterocycles. The third-order valence-corrected chi connectivity index (χ3v) is 1.84. The molecule has 1 unspecified atom stereocenters. The lowest BCUT2D eigenvalue weighted by Crippen LogP contribution is -2.16. The third-order valence-electron chi connectivity index (χ3n) is 1.84. The second kappa shape index (κ2) is 4.94. The zero-order chi connectivity index (χ0) is 12.1. The number of carbonyl (C=O) groups is 2. The first-order chi connectivity index (χ1) is 7.56. The fraction of sp³-hybridized carbons (Fsp3) is 0.182. The highest BCUT2D eigenvalue weighted by Crippen LogP contribution is 2.11. The molecule has 82 valence electrons. The highest BCUT2D eigenvalue weighted by Gasteiger charge is 2.18. The van der Waals surface area contributed by atoms with Crippen LogP contribution in [0.2, 0.25) is 0 Å². The summed E-state index contributed by atoms with van der Waals surface area (Å²) >= 11 is 0. The summed E-state index contributed by atoms with van der Waals surface area (Å²) in [7, 11) is 0. The van der Waals surface area contributed by atoms with Gasteiger partial charge in [0.15, 0.2) is 6.10 Å². The van der Waals surface area contributed by atoms with Crippen LogP contribution in [0.25, 0.3) is 0 Å². The Bertz CT molecular complexity index is 461. The van der Waals surface area contributed by atoms with E-state index in [4.69, 9.17) is 15.1 Å². The van der Waals surface area contributed by atoms with Crippen molar-refractivity contribution in [1.82, 2.24) is 0 Å². The van der Waals surface area contributed by atoms with E-state index in [1.165, 1.54) is 31.2 Å². The van der Waals surface area contributed by atoms with Gasteiger partial charge in [-0.25, -0.2) is 9.59 Å². The number of esters is 1. The number of carboxylic acid groups (broad SMARTS) is 1. The lowest BCUT2D eigenvalue weighted by Gasteiger charge is -2.07. The van der Waals surface area contributed by atoms with E-state index in [1.807, 2.05) is 0 Å². The standard InChI is InChI=1S/C11H9NO4/c1-7(6-12)16-11(15)9-5-3-2-4-8(9)10(13)14/h2-5,7H,1H3,(H,13,14). The molecule has 0 saturated carbocycles. The van der Waals surface area contributed by atoms with Crippen LogP contribution in [0.15, 0.2) is 24.3 Å². The first-order valence-electron chi connectivity index (χ1n) is 4.49. The molecule has 1 aromatic carbocycles.